The molecule has 1 aromatic rings. The highest BCUT2D eigenvalue weighted by Crippen LogP contribution is 2.36. The maximum atomic E-state index is 6.14. The molecule has 2 atom stereocenters. The lowest BCUT2D eigenvalue weighted by Crippen LogP contribution is -2.55. The van der Waals surface area contributed by atoms with Crippen molar-refractivity contribution in [2.24, 2.45) is 0 Å². The molecule has 132 valence electrons. The van der Waals surface area contributed by atoms with Gasteiger partial charge in [0.1, 0.15) is 0 Å². The van der Waals surface area contributed by atoms with Crippen LogP contribution in [0.15, 0.2) is 24.3 Å². The molecule has 0 aliphatic carbocycles. The van der Waals surface area contributed by atoms with Gasteiger partial charge in [-0.25, -0.2) is 0 Å². The van der Waals surface area contributed by atoms with E-state index >= 15 is 0 Å². The van der Waals surface area contributed by atoms with Gasteiger partial charge in [-0.1, -0.05) is 12.1 Å². The minimum atomic E-state index is -0.293. The van der Waals surface area contributed by atoms with E-state index in [4.69, 9.17) is 9.31 Å². The van der Waals surface area contributed by atoms with Gasteiger partial charge in [0.25, 0.3) is 0 Å². The van der Waals surface area contributed by atoms with Gasteiger partial charge in [0.15, 0.2) is 0 Å². The lowest BCUT2D eigenvalue weighted by atomic mass is 9.79. The predicted molar refractivity (Wildman–Crippen MR) is 101 cm³/mol. The Morgan fingerprint density at radius 2 is 1.38 bits per heavy atom. The van der Waals surface area contributed by atoms with E-state index in [1.54, 1.807) is 0 Å². The Balaban J connectivity index is 1.73. The summed E-state index contributed by atoms with van der Waals surface area (Å²) in [6, 6.07) is 9.82. The van der Waals surface area contributed by atoms with Crippen molar-refractivity contribution in [2.45, 2.75) is 64.8 Å². The predicted octanol–water partition coefficient (Wildman–Crippen LogP) is 2.51. The summed E-state index contributed by atoms with van der Waals surface area (Å²) in [6.07, 6.45) is 0. The second kappa shape index (κ2) is 6.04. The van der Waals surface area contributed by atoms with E-state index in [1.807, 2.05) is 0 Å². The Kier molecular flexibility index (Phi) is 4.48. The maximum Gasteiger partial charge on any atom is 0.494 e. The van der Waals surface area contributed by atoms with Gasteiger partial charge < -0.3 is 14.2 Å². The topological polar surface area (TPSA) is 24.9 Å². The molecule has 0 spiro atoms. The van der Waals surface area contributed by atoms with Crippen LogP contribution in [-0.2, 0) is 9.31 Å². The van der Waals surface area contributed by atoms with Crippen LogP contribution in [0.4, 0.5) is 5.69 Å². The van der Waals surface area contributed by atoms with Gasteiger partial charge in [0.05, 0.1) is 11.2 Å². The fraction of sp³-hybridized carbons (Fsp3) is 0.684. The molecule has 2 saturated heterocycles. The lowest BCUT2D eigenvalue weighted by Gasteiger charge is -2.43. The Morgan fingerprint density at radius 3 is 1.83 bits per heavy atom. The summed E-state index contributed by atoms with van der Waals surface area (Å²) >= 11 is 0. The van der Waals surface area contributed by atoms with Gasteiger partial charge in [-0.3, -0.25) is 4.90 Å². The van der Waals surface area contributed by atoms with Crippen molar-refractivity contribution >= 4 is 18.3 Å². The number of hydrogen-bond donors (Lipinski definition) is 0. The van der Waals surface area contributed by atoms with Crippen molar-refractivity contribution in [3.8, 4) is 0 Å². The van der Waals surface area contributed by atoms with E-state index < -0.39 is 0 Å². The third-order valence-corrected chi connectivity index (χ3v) is 6.14. The van der Waals surface area contributed by atoms with Gasteiger partial charge in [0.2, 0.25) is 0 Å². The minimum absolute atomic E-state index is 0.283. The van der Waals surface area contributed by atoms with E-state index in [-0.39, 0.29) is 18.3 Å². The number of anilines is 1. The molecule has 0 radical (unpaired) electrons. The Labute approximate surface area is 147 Å². The van der Waals surface area contributed by atoms with E-state index in [9.17, 15) is 0 Å². The molecule has 0 aromatic heterocycles. The Hall–Kier alpha value is -1.04. The highest BCUT2D eigenvalue weighted by atomic mass is 16.7. The molecule has 2 aliphatic rings. The molecule has 24 heavy (non-hydrogen) atoms. The van der Waals surface area contributed by atoms with Crippen LogP contribution in [0.25, 0.3) is 0 Å². The van der Waals surface area contributed by atoms with Crippen LogP contribution in [0.2, 0.25) is 0 Å². The number of likely N-dealkylation sites (N-methyl/N-ethyl adjacent to an activating group) is 1. The fourth-order valence-electron chi connectivity index (χ4n) is 3.44. The molecule has 2 fully saturated rings. The number of benzene rings is 1. The van der Waals surface area contributed by atoms with Crippen LogP contribution in [0.1, 0.15) is 41.5 Å². The highest BCUT2D eigenvalue weighted by Gasteiger charge is 2.51. The maximum absolute atomic E-state index is 6.14. The molecule has 0 amide bonds. The summed E-state index contributed by atoms with van der Waals surface area (Å²) in [5.41, 5.74) is 1.78. The molecule has 0 saturated carbocycles. The van der Waals surface area contributed by atoms with Crippen LogP contribution in [-0.4, -0.2) is 55.4 Å². The summed E-state index contributed by atoms with van der Waals surface area (Å²) in [5, 5.41) is 0. The normalized spacial score (nSPS) is 30.0. The molecule has 0 unspecified atom stereocenters. The second-order valence-corrected chi connectivity index (χ2v) is 8.45. The number of hydrogen-bond acceptors (Lipinski definition) is 4. The zero-order valence-electron chi connectivity index (χ0n) is 16.2. The summed E-state index contributed by atoms with van der Waals surface area (Å²) in [7, 11) is 1.93. The molecule has 0 N–H and O–H groups in total. The number of rotatable bonds is 2. The zero-order valence-corrected chi connectivity index (χ0v) is 16.2. The summed E-state index contributed by atoms with van der Waals surface area (Å²) in [4.78, 5) is 4.93. The SMILES string of the molecule is C[C@@H]1CN(c2ccc(B3OC(C)(C)C(C)(C)O3)cc2)C[C@H](C)N1C. The number of nitrogens with zero attached hydrogens (tertiary/aromatic N) is 2. The largest absolute Gasteiger partial charge is 0.494 e. The van der Waals surface area contributed by atoms with Crippen LogP contribution >= 0.6 is 0 Å². The molecular formula is C19H31BN2O2. The van der Waals surface area contributed by atoms with E-state index in [2.05, 4.69) is 82.7 Å². The first-order valence-electron chi connectivity index (χ1n) is 9.03. The first kappa shape index (κ1) is 17.8. The van der Waals surface area contributed by atoms with Gasteiger partial charge >= 0.3 is 7.12 Å². The van der Waals surface area contributed by atoms with Gasteiger partial charge in [-0.05, 0) is 66.2 Å². The standard InChI is InChI=1S/C19H31BN2O2/c1-14-12-22(13-15(2)21(14)7)17-10-8-16(9-11-17)20-23-18(3,4)19(5,6)24-20/h8-11,14-15H,12-13H2,1-7H3/t14-,15+. The van der Waals surface area contributed by atoms with Crippen LogP contribution in [0.5, 0.6) is 0 Å². The summed E-state index contributed by atoms with van der Waals surface area (Å²) in [6.45, 7) is 15.1. The number of piperazine rings is 1. The third kappa shape index (κ3) is 3.09. The second-order valence-electron chi connectivity index (χ2n) is 8.45. The van der Waals surface area contributed by atoms with Gasteiger partial charge in [0, 0.05) is 30.9 Å². The van der Waals surface area contributed by atoms with Crippen molar-refractivity contribution in [1.82, 2.24) is 4.90 Å². The van der Waals surface area contributed by atoms with Crippen molar-refractivity contribution in [3.05, 3.63) is 24.3 Å². The van der Waals surface area contributed by atoms with Gasteiger partial charge in [-0.15, -0.1) is 0 Å². The Morgan fingerprint density at radius 1 is 0.917 bits per heavy atom. The molecule has 3 rings (SSSR count). The average molecular weight is 330 g/mol. The zero-order chi connectivity index (χ0) is 17.7. The fourth-order valence-corrected chi connectivity index (χ4v) is 3.44. The van der Waals surface area contributed by atoms with Crippen molar-refractivity contribution in [1.29, 1.82) is 0 Å². The van der Waals surface area contributed by atoms with Crippen LogP contribution in [0.3, 0.4) is 0 Å². The molecule has 5 heteroatoms. The Bertz CT molecular complexity index is 560. The van der Waals surface area contributed by atoms with Crippen molar-refractivity contribution in [3.63, 3.8) is 0 Å². The molecule has 4 nitrogen and oxygen atoms in total. The average Bonchev–Trinajstić information content (AvgIpc) is 2.73. The van der Waals surface area contributed by atoms with Crippen molar-refractivity contribution < 1.29 is 9.31 Å². The lowest BCUT2D eigenvalue weighted by molar-refractivity contribution is 0.00578. The first-order chi connectivity index (χ1) is 11.1. The van der Waals surface area contributed by atoms with Crippen LogP contribution < -0.4 is 10.4 Å². The molecule has 2 heterocycles. The third-order valence-electron chi connectivity index (χ3n) is 6.14. The van der Waals surface area contributed by atoms with E-state index in [0.29, 0.717) is 12.1 Å². The smallest absolute Gasteiger partial charge is 0.399 e. The first-order valence-corrected chi connectivity index (χ1v) is 9.03. The highest BCUT2D eigenvalue weighted by molar-refractivity contribution is 6.62. The monoisotopic (exact) mass is 330 g/mol. The molecule has 2 aliphatic heterocycles. The molecule has 1 aromatic carbocycles. The summed E-state index contributed by atoms with van der Waals surface area (Å²) < 4.78 is 12.3. The molecule has 0 bridgehead atoms. The minimum Gasteiger partial charge on any atom is -0.399 e. The van der Waals surface area contributed by atoms with Crippen LogP contribution in [0, 0.1) is 0 Å². The quantitative estimate of drug-likeness (QED) is 0.778. The van der Waals surface area contributed by atoms with Crippen molar-refractivity contribution in [2.75, 3.05) is 25.0 Å². The summed E-state index contributed by atoms with van der Waals surface area (Å²) in [5.74, 6) is 0. The van der Waals surface area contributed by atoms with E-state index in [1.165, 1.54) is 5.69 Å². The molecular weight excluding hydrogens is 299 g/mol. The van der Waals surface area contributed by atoms with E-state index in [0.717, 1.165) is 18.6 Å². The van der Waals surface area contributed by atoms with Gasteiger partial charge in [-0.2, -0.15) is 0 Å².